The Morgan fingerprint density at radius 3 is 1.73 bits per heavy atom. The number of amides is 8. The van der Waals surface area contributed by atoms with Gasteiger partial charge in [0.05, 0.1) is 25.6 Å². The van der Waals surface area contributed by atoms with Crippen LogP contribution in [0.2, 0.25) is 0 Å². The molecule has 24 nitrogen and oxygen atoms in total. The molecule has 4 rings (SSSR count). The fourth-order valence-corrected chi connectivity index (χ4v) is 7.72. The van der Waals surface area contributed by atoms with E-state index < -0.39 is 115 Å². The second-order valence-electron chi connectivity index (χ2n) is 18.0. The van der Waals surface area contributed by atoms with E-state index in [0.717, 1.165) is 16.5 Å². The molecule has 0 fully saturated rings. The number of aliphatic carboxylic acids is 1. The van der Waals surface area contributed by atoms with Crippen LogP contribution >= 0.6 is 0 Å². The molecule has 0 bridgehead atoms. The SMILES string of the molecule is CC(C)C[C@H](NC(=O)CNC(=O)[C@H](Cc1ccccc1)NC(=O)[C@H](CO)NC(=O)[C@H](CC(N)=O)NC(=O)[C@@H](N)Cc1c[nH]c2ccccc12)C(=O)N[C@@H](CCCN=C(N)N)C(=O)N[C@@H](Cc1ccccc1)C(=O)O. The van der Waals surface area contributed by atoms with Crippen LogP contribution in [0, 0.1) is 5.92 Å². The highest BCUT2D eigenvalue weighted by Crippen LogP contribution is 2.19. The summed E-state index contributed by atoms with van der Waals surface area (Å²) < 4.78 is 0. The Morgan fingerprint density at radius 2 is 1.14 bits per heavy atom. The number of para-hydroxylation sites is 1. The summed E-state index contributed by atoms with van der Waals surface area (Å²) >= 11 is 0. The van der Waals surface area contributed by atoms with Gasteiger partial charge in [0.15, 0.2) is 5.96 Å². The summed E-state index contributed by atoms with van der Waals surface area (Å²) in [5.74, 6) is -8.91. The van der Waals surface area contributed by atoms with Crippen LogP contribution in [0.1, 0.15) is 56.2 Å². The van der Waals surface area contributed by atoms with Crippen LogP contribution in [0.3, 0.4) is 0 Å². The Bertz CT molecular complexity index is 2590. The van der Waals surface area contributed by atoms with Crippen LogP contribution in [0.5, 0.6) is 0 Å². The number of rotatable bonds is 30. The molecule has 1 aromatic heterocycles. The number of hydrogen-bond donors (Lipinski definition) is 14. The van der Waals surface area contributed by atoms with Crippen molar-refractivity contribution >= 4 is 70.1 Å². The maximum Gasteiger partial charge on any atom is 0.326 e. The minimum Gasteiger partial charge on any atom is -0.480 e. The van der Waals surface area contributed by atoms with Gasteiger partial charge in [-0.15, -0.1) is 0 Å². The molecule has 0 aliphatic heterocycles. The zero-order chi connectivity index (χ0) is 54.3. The number of H-pyrrole nitrogens is 1. The Kier molecular flexibility index (Phi) is 23.0. The molecule has 7 atom stereocenters. The van der Waals surface area contributed by atoms with Crippen molar-refractivity contribution in [2.24, 2.45) is 33.8 Å². The third kappa shape index (κ3) is 19.3. The minimum absolute atomic E-state index is 0.0217. The number of fused-ring (bicyclic) bond motifs is 1. The Balaban J connectivity index is 1.43. The molecule has 0 spiro atoms. The van der Waals surface area contributed by atoms with Gasteiger partial charge in [0.1, 0.15) is 36.3 Å². The summed E-state index contributed by atoms with van der Waals surface area (Å²) in [6, 6.07) is 14.5. The van der Waals surface area contributed by atoms with Crippen molar-refractivity contribution in [1.29, 1.82) is 0 Å². The van der Waals surface area contributed by atoms with E-state index in [1.807, 2.05) is 24.3 Å². The van der Waals surface area contributed by atoms with E-state index in [-0.39, 0.29) is 56.9 Å². The molecule has 0 unspecified atom stereocenters. The van der Waals surface area contributed by atoms with E-state index in [9.17, 15) is 53.4 Å². The van der Waals surface area contributed by atoms with Crippen molar-refractivity contribution in [3.63, 3.8) is 0 Å². The van der Waals surface area contributed by atoms with Gasteiger partial charge in [-0.1, -0.05) is 92.7 Å². The number of guanidine groups is 1. The summed E-state index contributed by atoms with van der Waals surface area (Å²) in [6.45, 7) is 1.95. The number of aliphatic imine (C=N–C) groups is 1. The predicted molar refractivity (Wildman–Crippen MR) is 273 cm³/mol. The number of benzene rings is 3. The van der Waals surface area contributed by atoms with Gasteiger partial charge < -0.3 is 75.3 Å². The van der Waals surface area contributed by atoms with Crippen molar-refractivity contribution in [1.82, 2.24) is 42.2 Å². The lowest BCUT2D eigenvalue weighted by atomic mass is 10.0. The summed E-state index contributed by atoms with van der Waals surface area (Å²) in [4.78, 5) is 126. The predicted octanol–water partition coefficient (Wildman–Crippen LogP) is -2.40. The molecule has 8 amide bonds. The number of carbonyl (C=O) groups is 9. The molecule has 0 aliphatic carbocycles. The van der Waals surface area contributed by atoms with Crippen LogP contribution in [0.15, 0.2) is 96.1 Å². The third-order valence-electron chi connectivity index (χ3n) is 11.5. The van der Waals surface area contributed by atoms with E-state index in [1.54, 1.807) is 80.7 Å². The first-order chi connectivity index (χ1) is 35.2. The van der Waals surface area contributed by atoms with Gasteiger partial charge in [-0.3, -0.25) is 43.3 Å². The van der Waals surface area contributed by atoms with Gasteiger partial charge in [-0.05, 0) is 54.4 Å². The normalized spacial score (nSPS) is 13.9. The maximum atomic E-state index is 13.9. The molecule has 18 N–H and O–H groups in total. The topological polar surface area (TPSA) is 411 Å². The zero-order valence-electron chi connectivity index (χ0n) is 41.2. The fourth-order valence-electron chi connectivity index (χ4n) is 7.72. The molecule has 0 saturated carbocycles. The van der Waals surface area contributed by atoms with Crippen molar-refractivity contribution in [3.05, 3.63) is 108 Å². The van der Waals surface area contributed by atoms with E-state index in [4.69, 9.17) is 22.9 Å². The van der Waals surface area contributed by atoms with Crippen molar-refractivity contribution in [2.75, 3.05) is 19.7 Å². The molecule has 74 heavy (non-hydrogen) atoms. The average Bonchev–Trinajstić information content (AvgIpc) is 3.77. The molecular formula is C50H67N13O11. The number of nitrogens with one attached hydrogen (secondary N) is 8. The summed E-state index contributed by atoms with van der Waals surface area (Å²) in [6.07, 6.45) is 1.11. The molecule has 1 heterocycles. The Labute approximate surface area is 427 Å². The first-order valence-electron chi connectivity index (χ1n) is 23.9. The largest absolute Gasteiger partial charge is 0.480 e. The highest BCUT2D eigenvalue weighted by molar-refractivity contribution is 5.98. The number of primary amides is 1. The van der Waals surface area contributed by atoms with Gasteiger partial charge in [-0.2, -0.15) is 0 Å². The number of aliphatic hydroxyl groups is 1. The molecule has 3 aromatic carbocycles. The smallest absolute Gasteiger partial charge is 0.326 e. The summed E-state index contributed by atoms with van der Waals surface area (Å²) in [5.41, 5.74) is 25.2. The number of carboxylic acids is 1. The second-order valence-corrected chi connectivity index (χ2v) is 18.0. The summed E-state index contributed by atoms with van der Waals surface area (Å²) in [7, 11) is 0. The molecule has 0 radical (unpaired) electrons. The van der Waals surface area contributed by atoms with Crippen molar-refractivity contribution in [2.45, 2.75) is 101 Å². The molecule has 24 heteroatoms. The van der Waals surface area contributed by atoms with E-state index in [2.05, 4.69) is 47.2 Å². The van der Waals surface area contributed by atoms with Crippen molar-refractivity contribution < 1.29 is 53.4 Å². The fraction of sp³-hybridized carbons (Fsp3) is 0.400. The van der Waals surface area contributed by atoms with Gasteiger partial charge in [0, 0.05) is 36.5 Å². The monoisotopic (exact) mass is 1030 g/mol. The molecule has 398 valence electrons. The number of aliphatic hydroxyl groups excluding tert-OH is 1. The van der Waals surface area contributed by atoms with Crippen LogP contribution < -0.4 is 60.2 Å². The second kappa shape index (κ2) is 29.2. The number of hydrogen-bond acceptors (Lipinski definition) is 12. The molecular weight excluding hydrogens is 959 g/mol. The van der Waals surface area contributed by atoms with E-state index in [1.165, 1.54) is 0 Å². The number of aromatic nitrogens is 1. The number of nitrogens with zero attached hydrogens (tertiary/aromatic N) is 1. The van der Waals surface area contributed by atoms with E-state index in [0.29, 0.717) is 11.1 Å². The zero-order valence-corrected chi connectivity index (χ0v) is 41.2. The van der Waals surface area contributed by atoms with Crippen LogP contribution in [0.25, 0.3) is 10.9 Å². The molecule has 4 aromatic rings. The van der Waals surface area contributed by atoms with E-state index >= 15 is 0 Å². The lowest BCUT2D eigenvalue weighted by molar-refractivity contribution is -0.142. The molecule has 0 aliphatic rings. The number of carboxylic acid groups (broad SMARTS) is 1. The van der Waals surface area contributed by atoms with Crippen LogP contribution in [-0.2, 0) is 62.4 Å². The maximum absolute atomic E-state index is 13.9. The highest BCUT2D eigenvalue weighted by Gasteiger charge is 2.33. The average molecular weight is 1030 g/mol. The Hall–Kier alpha value is -8.38. The first kappa shape index (κ1) is 58.2. The molecule has 0 saturated heterocycles. The van der Waals surface area contributed by atoms with Gasteiger partial charge in [0.25, 0.3) is 0 Å². The number of carbonyl (C=O) groups excluding carboxylic acids is 8. The highest BCUT2D eigenvalue weighted by atomic mass is 16.4. The van der Waals surface area contributed by atoms with Gasteiger partial charge in [0.2, 0.25) is 47.3 Å². The minimum atomic E-state index is -1.73. The standard InChI is InChI=1S/C50H67N13O11/c1-28(2)20-36(46(70)59-35(18-11-19-55-50(53)54)45(69)62-39(49(73)74)22-30-14-7-4-8-15-30)58-42(66)26-57-44(68)37(21-29-12-5-3-6-13-29)61-48(72)40(27-64)63-47(71)38(24-41(52)65)60-43(67)33(51)23-31-25-56-34-17-10-9-16-32(31)34/h3-10,12-17,25,28,33,35-40,56,64H,11,18-24,26-27,51H2,1-2H3,(H2,52,65)(H,57,68)(H,58,66)(H,59,70)(H,60,67)(H,61,72)(H,62,69)(H,63,71)(H,73,74)(H4,53,54,55)/t33-,35-,36-,37-,38-,39-,40-/m0/s1. The quantitative estimate of drug-likeness (QED) is 0.0147. The van der Waals surface area contributed by atoms with Crippen LogP contribution in [0.4, 0.5) is 0 Å². The number of aromatic amines is 1. The first-order valence-corrected chi connectivity index (χ1v) is 23.9. The van der Waals surface area contributed by atoms with Gasteiger partial charge >= 0.3 is 5.97 Å². The lowest BCUT2D eigenvalue weighted by Crippen LogP contribution is -2.60. The van der Waals surface area contributed by atoms with Crippen molar-refractivity contribution in [3.8, 4) is 0 Å². The number of nitrogens with two attached hydrogens (primary N) is 4. The summed E-state index contributed by atoms with van der Waals surface area (Å²) in [5, 5.41) is 38.3. The lowest BCUT2D eigenvalue weighted by Gasteiger charge is -2.26. The third-order valence-corrected chi connectivity index (χ3v) is 11.5. The van der Waals surface area contributed by atoms with Gasteiger partial charge in [-0.25, -0.2) is 4.79 Å². The van der Waals surface area contributed by atoms with Crippen LogP contribution in [-0.4, -0.2) is 136 Å². The Morgan fingerprint density at radius 1 is 0.608 bits per heavy atom.